The molecule has 1 saturated carbocycles. The number of halogens is 1. The fraction of sp³-hybridized carbons (Fsp3) is 0.222. The summed E-state index contributed by atoms with van der Waals surface area (Å²) in [5.74, 6) is -2.78. The van der Waals surface area contributed by atoms with Gasteiger partial charge in [0.15, 0.2) is 0 Å². The van der Waals surface area contributed by atoms with E-state index in [4.69, 9.17) is 9.84 Å². The standard InChI is InChI=1S/C27H23FN2O5/c28-24-12-9-16(13-22(24)26(33)30(14-25(31)32)17-10-11-17)29-27(34)35-15-23-20-7-3-1-5-18(20)19-6-2-4-8-21(19)23/h1-9,12-13,17,23H,10-11,14-15H2,(H,29,34)(H,31,32). The molecule has 2 N–H and O–H groups in total. The van der Waals surface area contributed by atoms with E-state index in [-0.39, 0.29) is 29.8 Å². The van der Waals surface area contributed by atoms with Crippen LogP contribution in [-0.4, -0.2) is 47.2 Å². The fourth-order valence-corrected chi connectivity index (χ4v) is 4.57. The lowest BCUT2D eigenvalue weighted by Gasteiger charge is -2.21. The molecule has 2 amide bonds. The van der Waals surface area contributed by atoms with Gasteiger partial charge in [-0.25, -0.2) is 9.18 Å². The number of carbonyl (C=O) groups excluding carboxylic acids is 2. The van der Waals surface area contributed by atoms with E-state index in [9.17, 15) is 18.8 Å². The van der Waals surface area contributed by atoms with E-state index < -0.39 is 30.3 Å². The summed E-state index contributed by atoms with van der Waals surface area (Å²) in [5.41, 5.74) is 4.26. The second-order valence-corrected chi connectivity index (χ2v) is 8.70. The van der Waals surface area contributed by atoms with E-state index in [1.54, 1.807) is 0 Å². The maximum atomic E-state index is 14.4. The summed E-state index contributed by atoms with van der Waals surface area (Å²) >= 11 is 0. The van der Waals surface area contributed by atoms with Crippen LogP contribution >= 0.6 is 0 Å². The molecule has 0 unspecified atom stereocenters. The van der Waals surface area contributed by atoms with Gasteiger partial charge >= 0.3 is 12.1 Å². The van der Waals surface area contributed by atoms with Gasteiger partial charge in [0.25, 0.3) is 5.91 Å². The van der Waals surface area contributed by atoms with Gasteiger partial charge in [-0.15, -0.1) is 0 Å². The van der Waals surface area contributed by atoms with E-state index in [1.807, 2.05) is 48.5 Å². The van der Waals surface area contributed by atoms with E-state index >= 15 is 0 Å². The van der Waals surface area contributed by atoms with Crippen LogP contribution in [0.2, 0.25) is 0 Å². The Kier molecular flexibility index (Phi) is 5.94. The Morgan fingerprint density at radius 2 is 1.60 bits per heavy atom. The second-order valence-electron chi connectivity index (χ2n) is 8.70. The number of carboxylic acid groups (broad SMARTS) is 1. The number of ether oxygens (including phenoxy) is 1. The van der Waals surface area contributed by atoms with Crippen LogP contribution in [0.4, 0.5) is 14.9 Å². The van der Waals surface area contributed by atoms with Crippen LogP contribution in [0.1, 0.15) is 40.2 Å². The predicted octanol–water partition coefficient (Wildman–Crippen LogP) is 4.88. The number of amides is 2. The summed E-state index contributed by atoms with van der Waals surface area (Å²) in [6.07, 6.45) is 0.623. The zero-order valence-electron chi connectivity index (χ0n) is 18.7. The van der Waals surface area contributed by atoms with Crippen molar-refractivity contribution >= 4 is 23.7 Å². The monoisotopic (exact) mass is 474 g/mol. The summed E-state index contributed by atoms with van der Waals surface area (Å²) in [6, 6.07) is 19.3. The zero-order chi connectivity index (χ0) is 24.5. The van der Waals surface area contributed by atoms with Crippen molar-refractivity contribution in [2.75, 3.05) is 18.5 Å². The summed E-state index contributed by atoms with van der Waals surface area (Å²) < 4.78 is 19.9. The number of carboxylic acids is 1. The predicted molar refractivity (Wildman–Crippen MR) is 127 cm³/mol. The topological polar surface area (TPSA) is 95.9 Å². The number of fused-ring (bicyclic) bond motifs is 3. The second kappa shape index (κ2) is 9.21. The molecule has 3 aromatic rings. The van der Waals surface area contributed by atoms with Gasteiger partial charge in [0.2, 0.25) is 0 Å². The Morgan fingerprint density at radius 3 is 2.20 bits per heavy atom. The van der Waals surface area contributed by atoms with E-state index in [0.717, 1.165) is 33.2 Å². The van der Waals surface area contributed by atoms with Gasteiger partial charge < -0.3 is 14.7 Å². The van der Waals surface area contributed by atoms with Gasteiger partial charge in [0.1, 0.15) is 19.0 Å². The van der Waals surface area contributed by atoms with Crippen LogP contribution in [0.25, 0.3) is 11.1 Å². The highest BCUT2D eigenvalue weighted by Gasteiger charge is 2.35. The van der Waals surface area contributed by atoms with Gasteiger partial charge in [0, 0.05) is 17.6 Å². The van der Waals surface area contributed by atoms with Crippen molar-refractivity contribution in [1.82, 2.24) is 4.90 Å². The molecular weight excluding hydrogens is 451 g/mol. The van der Waals surface area contributed by atoms with Crippen molar-refractivity contribution in [3.63, 3.8) is 0 Å². The normalized spacial score (nSPS) is 14.1. The lowest BCUT2D eigenvalue weighted by molar-refractivity contribution is -0.137. The highest BCUT2D eigenvalue weighted by atomic mass is 19.1. The Morgan fingerprint density at radius 1 is 0.971 bits per heavy atom. The molecule has 2 aliphatic rings. The third-order valence-corrected chi connectivity index (χ3v) is 6.34. The summed E-state index contributed by atoms with van der Waals surface area (Å²) in [6.45, 7) is -0.395. The van der Waals surface area contributed by atoms with Crippen LogP contribution < -0.4 is 5.32 Å². The van der Waals surface area contributed by atoms with Crippen LogP contribution in [0, 0.1) is 5.82 Å². The third kappa shape index (κ3) is 4.59. The van der Waals surface area contributed by atoms with Gasteiger partial charge in [-0.2, -0.15) is 0 Å². The number of hydrogen-bond donors (Lipinski definition) is 2. The Labute approximate surface area is 201 Å². The molecule has 0 bridgehead atoms. The number of aliphatic carboxylic acids is 1. The lowest BCUT2D eigenvalue weighted by Crippen LogP contribution is -2.38. The first-order valence-corrected chi connectivity index (χ1v) is 11.4. The Bertz CT molecular complexity index is 1270. The first kappa shape index (κ1) is 22.6. The van der Waals surface area contributed by atoms with Crippen LogP contribution in [0.15, 0.2) is 66.7 Å². The molecule has 0 heterocycles. The molecule has 0 saturated heterocycles. The van der Waals surface area contributed by atoms with Crippen LogP contribution in [0.3, 0.4) is 0 Å². The summed E-state index contributed by atoms with van der Waals surface area (Å²) in [7, 11) is 0. The van der Waals surface area contributed by atoms with Crippen LogP contribution in [-0.2, 0) is 9.53 Å². The first-order valence-electron chi connectivity index (χ1n) is 11.4. The number of hydrogen-bond acceptors (Lipinski definition) is 4. The molecule has 0 aromatic heterocycles. The number of benzene rings is 3. The van der Waals surface area contributed by atoms with Crippen LogP contribution in [0.5, 0.6) is 0 Å². The molecule has 35 heavy (non-hydrogen) atoms. The van der Waals surface area contributed by atoms with Crippen molar-refractivity contribution in [3.8, 4) is 11.1 Å². The fourth-order valence-electron chi connectivity index (χ4n) is 4.57. The number of anilines is 1. The maximum absolute atomic E-state index is 14.4. The van der Waals surface area contributed by atoms with Gasteiger partial charge in [-0.05, 0) is 53.3 Å². The molecule has 5 rings (SSSR count). The van der Waals surface area contributed by atoms with Gasteiger partial charge in [-0.1, -0.05) is 48.5 Å². The minimum absolute atomic E-state index is 0.110. The largest absolute Gasteiger partial charge is 0.480 e. The maximum Gasteiger partial charge on any atom is 0.411 e. The SMILES string of the molecule is O=C(O)CN(C(=O)c1cc(NC(=O)OCC2c3ccccc3-c3ccccc32)ccc1F)C1CC1. The number of nitrogens with one attached hydrogen (secondary N) is 1. The molecule has 2 aliphatic carbocycles. The molecule has 7 nitrogen and oxygen atoms in total. The average molecular weight is 474 g/mol. The number of nitrogens with zero attached hydrogens (tertiary/aromatic N) is 1. The van der Waals surface area contributed by atoms with E-state index in [1.165, 1.54) is 12.1 Å². The third-order valence-electron chi connectivity index (χ3n) is 6.34. The van der Waals surface area contributed by atoms with E-state index in [0.29, 0.717) is 12.8 Å². The summed E-state index contributed by atoms with van der Waals surface area (Å²) in [4.78, 5) is 37.7. The molecule has 1 fully saturated rings. The highest BCUT2D eigenvalue weighted by molar-refractivity contribution is 5.98. The summed E-state index contributed by atoms with van der Waals surface area (Å²) in [5, 5.41) is 11.7. The Balaban J connectivity index is 1.28. The average Bonchev–Trinajstić information content (AvgIpc) is 3.64. The molecule has 3 aromatic carbocycles. The molecule has 0 radical (unpaired) electrons. The van der Waals surface area contributed by atoms with Gasteiger partial charge in [-0.3, -0.25) is 14.9 Å². The van der Waals surface area contributed by atoms with Crippen molar-refractivity contribution in [1.29, 1.82) is 0 Å². The zero-order valence-corrected chi connectivity index (χ0v) is 18.7. The molecular formula is C27H23FN2O5. The number of rotatable bonds is 7. The van der Waals surface area contributed by atoms with Gasteiger partial charge in [0.05, 0.1) is 5.56 Å². The van der Waals surface area contributed by atoms with Crippen molar-refractivity contribution in [2.45, 2.75) is 24.8 Å². The van der Waals surface area contributed by atoms with Crippen molar-refractivity contribution < 1.29 is 28.6 Å². The lowest BCUT2D eigenvalue weighted by atomic mass is 9.98. The van der Waals surface area contributed by atoms with Crippen molar-refractivity contribution in [3.05, 3.63) is 89.2 Å². The minimum Gasteiger partial charge on any atom is -0.480 e. The highest BCUT2D eigenvalue weighted by Crippen LogP contribution is 2.44. The molecule has 0 atom stereocenters. The molecule has 0 spiro atoms. The Hall–Kier alpha value is -4.20. The molecule has 178 valence electrons. The minimum atomic E-state index is -1.17. The smallest absolute Gasteiger partial charge is 0.411 e. The van der Waals surface area contributed by atoms with Crippen molar-refractivity contribution in [2.24, 2.45) is 0 Å². The number of carbonyl (C=O) groups is 3. The first-order chi connectivity index (χ1) is 16.9. The molecule has 8 heteroatoms. The molecule has 0 aliphatic heterocycles. The quantitative estimate of drug-likeness (QED) is 0.509. The van der Waals surface area contributed by atoms with E-state index in [2.05, 4.69) is 5.32 Å².